The number of rotatable bonds is 4. The quantitative estimate of drug-likeness (QED) is 0.788. The van der Waals surface area contributed by atoms with E-state index in [-0.39, 0.29) is 5.69 Å². The van der Waals surface area contributed by atoms with Gasteiger partial charge in [0, 0.05) is 23.8 Å². The van der Waals surface area contributed by atoms with E-state index < -0.39 is 11.7 Å². The van der Waals surface area contributed by atoms with Crippen molar-refractivity contribution >= 4 is 11.5 Å². The molecule has 0 radical (unpaired) electrons. The molecule has 1 aromatic heterocycles. The predicted octanol–water partition coefficient (Wildman–Crippen LogP) is 3.95. The van der Waals surface area contributed by atoms with Crippen molar-refractivity contribution < 1.29 is 13.2 Å². The van der Waals surface area contributed by atoms with E-state index in [1.807, 2.05) is 13.0 Å². The average Bonchev–Trinajstić information content (AvgIpc) is 2.62. The molecule has 1 fully saturated rings. The minimum absolute atomic E-state index is 0.0359. The van der Waals surface area contributed by atoms with E-state index in [4.69, 9.17) is 5.73 Å². The number of nitrogen functional groups attached to an aromatic ring is 1. The van der Waals surface area contributed by atoms with Gasteiger partial charge < -0.3 is 16.0 Å². The molecule has 146 valence electrons. The molecule has 0 spiro atoms. The first kappa shape index (κ1) is 19.4. The Balaban J connectivity index is 1.79. The molecule has 3 N–H and O–H groups in total. The third-order valence-corrected chi connectivity index (χ3v) is 4.92. The molecule has 0 amide bonds. The fourth-order valence-corrected chi connectivity index (χ4v) is 3.45. The number of aromatic nitrogens is 2. The van der Waals surface area contributed by atoms with E-state index in [2.05, 4.69) is 27.3 Å². The van der Waals surface area contributed by atoms with Crippen molar-refractivity contribution in [1.82, 2.24) is 15.1 Å². The zero-order valence-electron chi connectivity index (χ0n) is 15.5. The van der Waals surface area contributed by atoms with E-state index >= 15 is 0 Å². The molecule has 0 saturated carbocycles. The number of hydrogen-bond acceptors (Lipinski definition) is 5. The van der Waals surface area contributed by atoms with Crippen LogP contribution in [0.1, 0.15) is 30.9 Å². The van der Waals surface area contributed by atoms with Gasteiger partial charge in [-0.3, -0.25) is 0 Å². The van der Waals surface area contributed by atoms with Crippen LogP contribution < -0.4 is 11.1 Å². The van der Waals surface area contributed by atoms with E-state index in [9.17, 15) is 13.2 Å². The molecule has 5 nitrogen and oxygen atoms in total. The first-order valence-electron chi connectivity index (χ1n) is 9.08. The van der Waals surface area contributed by atoms with Crippen LogP contribution in [0, 0.1) is 6.92 Å². The van der Waals surface area contributed by atoms with Crippen LogP contribution in [0.2, 0.25) is 0 Å². The molecule has 0 unspecified atom stereocenters. The molecule has 27 heavy (non-hydrogen) atoms. The summed E-state index contributed by atoms with van der Waals surface area (Å²) in [6.07, 6.45) is -2.21. The molecular weight excluding hydrogens is 355 g/mol. The van der Waals surface area contributed by atoms with Crippen molar-refractivity contribution in [2.24, 2.45) is 0 Å². The van der Waals surface area contributed by atoms with Gasteiger partial charge >= 0.3 is 6.18 Å². The summed E-state index contributed by atoms with van der Waals surface area (Å²) in [6.45, 7) is 7.10. The summed E-state index contributed by atoms with van der Waals surface area (Å²) in [5.74, 6) is 0.671. The molecule has 0 aliphatic carbocycles. The summed E-state index contributed by atoms with van der Waals surface area (Å²) in [6, 6.07) is 5.48. The van der Waals surface area contributed by atoms with Crippen molar-refractivity contribution in [2.75, 3.05) is 30.7 Å². The number of alkyl halides is 3. The molecule has 1 aliphatic heterocycles. The summed E-state index contributed by atoms with van der Waals surface area (Å²) in [5.41, 5.74) is 6.86. The second-order valence-corrected chi connectivity index (χ2v) is 6.94. The lowest BCUT2D eigenvalue weighted by Crippen LogP contribution is -2.42. The molecule has 0 bridgehead atoms. The monoisotopic (exact) mass is 379 g/mol. The van der Waals surface area contributed by atoms with Gasteiger partial charge in [-0.1, -0.05) is 13.0 Å². The third kappa shape index (κ3) is 4.50. The molecule has 1 aromatic carbocycles. The number of aryl methyl sites for hydroxylation is 1. The predicted molar refractivity (Wildman–Crippen MR) is 100 cm³/mol. The van der Waals surface area contributed by atoms with E-state index in [1.165, 1.54) is 6.07 Å². The lowest BCUT2D eigenvalue weighted by molar-refractivity contribution is -0.137. The average molecular weight is 379 g/mol. The third-order valence-electron chi connectivity index (χ3n) is 4.92. The standard InChI is InChI=1S/C19H24F3N5/c1-3-27-8-4-5-14(11-27)24-17-9-12(2)18(26-25-17)15-7-6-13(10-16(15)23)19(20,21)22/h6-7,9-10,14H,3-5,8,11,23H2,1-2H3,(H,24,25)/t14-/m1/s1. The van der Waals surface area contributed by atoms with Gasteiger partial charge in [0.25, 0.3) is 0 Å². The number of benzene rings is 1. The number of piperidine rings is 1. The number of nitrogens with one attached hydrogen (secondary N) is 1. The SMILES string of the molecule is CCN1CCC[C@@H](Nc2cc(C)c(-c3ccc(C(F)(F)F)cc3N)nn2)C1. The number of likely N-dealkylation sites (N-methyl/N-ethyl adjacent to an activating group) is 1. The van der Waals surface area contributed by atoms with Crippen LogP contribution in [-0.4, -0.2) is 40.8 Å². The normalized spacial score (nSPS) is 18.5. The Morgan fingerprint density at radius 1 is 1.26 bits per heavy atom. The van der Waals surface area contributed by atoms with E-state index in [0.717, 1.165) is 50.2 Å². The summed E-state index contributed by atoms with van der Waals surface area (Å²) in [4.78, 5) is 2.39. The highest BCUT2D eigenvalue weighted by Gasteiger charge is 2.31. The summed E-state index contributed by atoms with van der Waals surface area (Å²) in [5, 5.41) is 11.8. The number of nitrogens with zero attached hydrogens (tertiary/aromatic N) is 3. The molecule has 3 rings (SSSR count). The lowest BCUT2D eigenvalue weighted by Gasteiger charge is -2.32. The van der Waals surface area contributed by atoms with Crippen LogP contribution in [0.15, 0.2) is 24.3 Å². The summed E-state index contributed by atoms with van der Waals surface area (Å²) in [7, 11) is 0. The van der Waals surface area contributed by atoms with Crippen LogP contribution in [0.4, 0.5) is 24.7 Å². The van der Waals surface area contributed by atoms with Gasteiger partial charge in [-0.25, -0.2) is 0 Å². The largest absolute Gasteiger partial charge is 0.416 e. The second-order valence-electron chi connectivity index (χ2n) is 6.94. The Hall–Kier alpha value is -2.35. The maximum atomic E-state index is 12.8. The van der Waals surface area contributed by atoms with Crippen molar-refractivity contribution in [3.8, 4) is 11.3 Å². The molecule has 1 aliphatic rings. The Kier molecular flexibility index (Phi) is 5.55. The van der Waals surface area contributed by atoms with Crippen LogP contribution in [0.3, 0.4) is 0 Å². The van der Waals surface area contributed by atoms with Crippen LogP contribution >= 0.6 is 0 Å². The van der Waals surface area contributed by atoms with Gasteiger partial charge in [-0.05, 0) is 56.6 Å². The van der Waals surface area contributed by atoms with Crippen LogP contribution in [0.25, 0.3) is 11.3 Å². The maximum Gasteiger partial charge on any atom is 0.416 e. The maximum absolute atomic E-state index is 12.8. The van der Waals surface area contributed by atoms with Gasteiger partial charge in [0.15, 0.2) is 0 Å². The van der Waals surface area contributed by atoms with Crippen LogP contribution in [0.5, 0.6) is 0 Å². The Bertz CT molecular complexity index is 806. The molecule has 1 saturated heterocycles. The minimum atomic E-state index is -4.42. The zero-order valence-corrected chi connectivity index (χ0v) is 15.5. The Labute approximate surface area is 156 Å². The first-order valence-corrected chi connectivity index (χ1v) is 9.08. The highest BCUT2D eigenvalue weighted by atomic mass is 19.4. The van der Waals surface area contributed by atoms with Crippen LogP contribution in [-0.2, 0) is 6.18 Å². The highest BCUT2D eigenvalue weighted by molar-refractivity contribution is 5.76. The number of nitrogens with two attached hydrogens (primary N) is 1. The summed E-state index contributed by atoms with van der Waals surface area (Å²) < 4.78 is 38.4. The van der Waals surface area contributed by atoms with E-state index in [0.29, 0.717) is 23.1 Å². The first-order chi connectivity index (χ1) is 12.8. The Morgan fingerprint density at radius 2 is 2.04 bits per heavy atom. The number of likely N-dealkylation sites (tertiary alicyclic amines) is 1. The second kappa shape index (κ2) is 7.72. The molecule has 2 aromatic rings. The molecule has 1 atom stereocenters. The Morgan fingerprint density at radius 3 is 2.67 bits per heavy atom. The smallest absolute Gasteiger partial charge is 0.398 e. The minimum Gasteiger partial charge on any atom is -0.398 e. The molecule has 8 heteroatoms. The zero-order chi connectivity index (χ0) is 19.6. The lowest BCUT2D eigenvalue weighted by atomic mass is 10.0. The van der Waals surface area contributed by atoms with Crippen molar-refractivity contribution in [3.05, 3.63) is 35.4 Å². The number of hydrogen-bond donors (Lipinski definition) is 2. The van der Waals surface area contributed by atoms with Crippen molar-refractivity contribution in [2.45, 2.75) is 38.9 Å². The highest BCUT2D eigenvalue weighted by Crippen LogP contribution is 2.35. The summed E-state index contributed by atoms with van der Waals surface area (Å²) >= 11 is 0. The fraction of sp³-hybridized carbons (Fsp3) is 0.474. The van der Waals surface area contributed by atoms with Gasteiger partial charge in [-0.2, -0.15) is 13.2 Å². The van der Waals surface area contributed by atoms with Gasteiger partial charge in [-0.15, -0.1) is 10.2 Å². The number of halogens is 3. The van der Waals surface area contributed by atoms with Crippen molar-refractivity contribution in [1.29, 1.82) is 0 Å². The van der Waals surface area contributed by atoms with Gasteiger partial charge in [0.1, 0.15) is 5.82 Å². The van der Waals surface area contributed by atoms with Gasteiger partial charge in [0.05, 0.1) is 11.3 Å². The molecular formula is C19H24F3N5. The van der Waals surface area contributed by atoms with E-state index in [1.54, 1.807) is 0 Å². The van der Waals surface area contributed by atoms with Gasteiger partial charge in [0.2, 0.25) is 0 Å². The molecule has 2 heterocycles. The van der Waals surface area contributed by atoms with Crippen molar-refractivity contribution in [3.63, 3.8) is 0 Å². The topological polar surface area (TPSA) is 67.1 Å². The fourth-order valence-electron chi connectivity index (χ4n) is 3.45. The number of anilines is 2.